The van der Waals surface area contributed by atoms with Crippen LogP contribution in [-0.4, -0.2) is 22.2 Å². The Bertz CT molecular complexity index is 846. The molecule has 27 heavy (non-hydrogen) atoms. The van der Waals surface area contributed by atoms with E-state index in [2.05, 4.69) is 9.97 Å². The van der Waals surface area contributed by atoms with Crippen molar-refractivity contribution in [1.29, 1.82) is 0 Å². The van der Waals surface area contributed by atoms with Crippen molar-refractivity contribution in [2.75, 3.05) is 0 Å². The number of nitrogens with zero attached hydrogens (tertiary/aromatic N) is 2. The largest absolute Gasteiger partial charge is 0.433 e. The third kappa shape index (κ3) is 4.47. The molecule has 0 radical (unpaired) electrons. The zero-order valence-electron chi connectivity index (χ0n) is 13.8. The second-order valence-electron chi connectivity index (χ2n) is 6.28. The fourth-order valence-corrected chi connectivity index (χ4v) is 2.73. The molecule has 144 valence electrons. The molecule has 1 aromatic rings. The van der Waals surface area contributed by atoms with Gasteiger partial charge in [-0.3, -0.25) is 0 Å². The number of alkyl halides is 6. The van der Waals surface area contributed by atoms with E-state index in [0.29, 0.717) is 12.0 Å². The Balaban J connectivity index is 1.99. The van der Waals surface area contributed by atoms with Crippen molar-refractivity contribution in [3.8, 4) is 0 Å². The van der Waals surface area contributed by atoms with E-state index in [1.165, 1.54) is 6.08 Å². The highest BCUT2D eigenvalue weighted by atomic mass is 19.4. The van der Waals surface area contributed by atoms with Gasteiger partial charge in [-0.2, -0.15) is 26.3 Å². The maximum absolute atomic E-state index is 13.2. The highest BCUT2D eigenvalue weighted by Crippen LogP contribution is 2.36. The summed E-state index contributed by atoms with van der Waals surface area (Å²) in [5, 5.41) is 0. The summed E-state index contributed by atoms with van der Waals surface area (Å²) in [4.78, 5) is 7.65. The van der Waals surface area contributed by atoms with Crippen molar-refractivity contribution in [1.82, 2.24) is 9.97 Å². The quantitative estimate of drug-likeness (QED) is 0.750. The Labute approximate surface area is 151 Å². The summed E-state index contributed by atoms with van der Waals surface area (Å²) >= 11 is 0. The third-order valence-electron chi connectivity index (χ3n) is 4.22. The molecule has 0 bridgehead atoms. The first-order valence-electron chi connectivity index (χ1n) is 8.10. The van der Waals surface area contributed by atoms with Gasteiger partial charge < -0.3 is 5.73 Å². The minimum absolute atomic E-state index is 0.0442. The summed E-state index contributed by atoms with van der Waals surface area (Å²) in [6, 6.07) is 0.600. The monoisotopic (exact) mass is 387 g/mol. The Hall–Kier alpha value is -2.42. The molecule has 0 saturated heterocycles. The summed E-state index contributed by atoms with van der Waals surface area (Å²) in [6.45, 7) is 0. The van der Waals surface area contributed by atoms with Crippen molar-refractivity contribution in [2.45, 2.75) is 31.2 Å². The van der Waals surface area contributed by atoms with Gasteiger partial charge in [-0.15, -0.1) is 0 Å². The summed E-state index contributed by atoms with van der Waals surface area (Å²) in [5.74, 6) is -1.93. The van der Waals surface area contributed by atoms with Crippen LogP contribution in [0.5, 0.6) is 0 Å². The Morgan fingerprint density at radius 3 is 2.07 bits per heavy atom. The summed E-state index contributed by atoms with van der Waals surface area (Å²) in [5.41, 5.74) is 5.19. The summed E-state index contributed by atoms with van der Waals surface area (Å²) in [7, 11) is 0. The van der Waals surface area contributed by atoms with Crippen LogP contribution in [0.3, 0.4) is 0 Å². The van der Waals surface area contributed by atoms with Gasteiger partial charge >= 0.3 is 12.4 Å². The van der Waals surface area contributed by atoms with Crippen molar-refractivity contribution in [3.63, 3.8) is 0 Å². The molecule has 1 aromatic heterocycles. The van der Waals surface area contributed by atoms with Gasteiger partial charge in [0.25, 0.3) is 0 Å². The normalized spacial score (nSPS) is 23.2. The lowest BCUT2D eigenvalue weighted by Crippen LogP contribution is -2.22. The SMILES string of the molecule is NC1C=CC(c2cc(C(F)(F)F)nc(C3=CCC(C(F)(F)F)C=C3)n2)=CC1. The molecule has 9 heteroatoms. The van der Waals surface area contributed by atoms with Crippen LogP contribution >= 0.6 is 0 Å². The van der Waals surface area contributed by atoms with Gasteiger partial charge in [0.1, 0.15) is 5.69 Å². The van der Waals surface area contributed by atoms with E-state index in [0.717, 1.165) is 18.2 Å². The number of hydrogen-bond donors (Lipinski definition) is 1. The van der Waals surface area contributed by atoms with Gasteiger partial charge in [0.2, 0.25) is 0 Å². The highest BCUT2D eigenvalue weighted by molar-refractivity contribution is 5.76. The van der Waals surface area contributed by atoms with Gasteiger partial charge in [-0.25, -0.2) is 9.97 Å². The molecule has 0 amide bonds. The molecule has 0 spiro atoms. The molecule has 2 aliphatic carbocycles. The van der Waals surface area contributed by atoms with Gasteiger partial charge in [-0.05, 0) is 24.5 Å². The lowest BCUT2D eigenvalue weighted by molar-refractivity contribution is -0.160. The van der Waals surface area contributed by atoms with Gasteiger partial charge in [0, 0.05) is 11.6 Å². The fraction of sp³-hybridized carbons (Fsp3) is 0.333. The van der Waals surface area contributed by atoms with E-state index in [1.807, 2.05) is 0 Å². The lowest BCUT2D eigenvalue weighted by Gasteiger charge is -2.19. The predicted molar refractivity (Wildman–Crippen MR) is 88.0 cm³/mol. The zero-order valence-corrected chi connectivity index (χ0v) is 13.8. The van der Waals surface area contributed by atoms with Gasteiger partial charge in [-0.1, -0.05) is 36.5 Å². The van der Waals surface area contributed by atoms with Crippen molar-refractivity contribution in [2.24, 2.45) is 11.7 Å². The lowest BCUT2D eigenvalue weighted by atomic mass is 9.95. The van der Waals surface area contributed by atoms with Crippen LogP contribution in [0.15, 0.2) is 42.5 Å². The van der Waals surface area contributed by atoms with E-state index in [4.69, 9.17) is 5.73 Å². The first kappa shape index (κ1) is 19.3. The van der Waals surface area contributed by atoms with Crippen molar-refractivity contribution < 1.29 is 26.3 Å². The molecule has 3 rings (SSSR count). The molecule has 2 aliphatic rings. The number of allylic oxidation sites excluding steroid dienone is 6. The van der Waals surface area contributed by atoms with Crippen LogP contribution in [0.1, 0.15) is 30.1 Å². The van der Waals surface area contributed by atoms with Crippen LogP contribution in [0, 0.1) is 5.92 Å². The molecular weight excluding hydrogens is 372 g/mol. The first-order chi connectivity index (χ1) is 12.5. The molecule has 0 aliphatic heterocycles. The van der Waals surface area contributed by atoms with Crippen molar-refractivity contribution >= 4 is 11.1 Å². The molecule has 2 N–H and O–H groups in total. The molecular formula is C18H15F6N3. The number of rotatable bonds is 2. The second-order valence-corrected chi connectivity index (χ2v) is 6.28. The Morgan fingerprint density at radius 1 is 0.889 bits per heavy atom. The van der Waals surface area contributed by atoms with Crippen LogP contribution in [-0.2, 0) is 6.18 Å². The standard InChI is InChI=1S/C18H15F6N3/c19-17(20,21)12-5-1-11(2-6-12)16-26-14(9-15(27-16)18(22,23)24)10-3-7-13(25)8-4-10/h1-5,7,9,12-13H,6,8,25H2. The number of aromatic nitrogens is 2. The fourth-order valence-electron chi connectivity index (χ4n) is 2.73. The number of nitrogens with two attached hydrogens (primary N) is 1. The Morgan fingerprint density at radius 2 is 1.56 bits per heavy atom. The minimum Gasteiger partial charge on any atom is -0.324 e. The third-order valence-corrected chi connectivity index (χ3v) is 4.22. The predicted octanol–water partition coefficient (Wildman–Crippen LogP) is 4.69. The van der Waals surface area contributed by atoms with Crippen LogP contribution in [0.4, 0.5) is 26.3 Å². The van der Waals surface area contributed by atoms with Gasteiger partial charge in [0.05, 0.1) is 11.6 Å². The van der Waals surface area contributed by atoms with Crippen molar-refractivity contribution in [3.05, 3.63) is 59.7 Å². The molecule has 3 nitrogen and oxygen atoms in total. The maximum Gasteiger partial charge on any atom is 0.433 e. The van der Waals surface area contributed by atoms with Crippen LogP contribution in [0.2, 0.25) is 0 Å². The van der Waals surface area contributed by atoms with E-state index < -0.39 is 24.0 Å². The summed E-state index contributed by atoms with van der Waals surface area (Å²) < 4.78 is 77.9. The highest BCUT2D eigenvalue weighted by Gasteiger charge is 2.38. The molecule has 0 aromatic carbocycles. The van der Waals surface area contributed by atoms with E-state index in [1.54, 1.807) is 18.2 Å². The molecule has 0 saturated carbocycles. The topological polar surface area (TPSA) is 51.8 Å². The average Bonchev–Trinajstić information content (AvgIpc) is 2.60. The van der Waals surface area contributed by atoms with E-state index in [-0.39, 0.29) is 29.6 Å². The molecule has 2 atom stereocenters. The van der Waals surface area contributed by atoms with E-state index >= 15 is 0 Å². The average molecular weight is 387 g/mol. The maximum atomic E-state index is 13.2. The number of halogens is 6. The molecule has 2 unspecified atom stereocenters. The number of hydrogen-bond acceptors (Lipinski definition) is 3. The Kier molecular flexibility index (Phi) is 4.98. The minimum atomic E-state index is -4.71. The second kappa shape index (κ2) is 6.95. The zero-order chi connectivity index (χ0) is 19.8. The van der Waals surface area contributed by atoms with Crippen LogP contribution < -0.4 is 5.73 Å². The molecule has 1 heterocycles. The van der Waals surface area contributed by atoms with Crippen LogP contribution in [0.25, 0.3) is 11.1 Å². The first-order valence-corrected chi connectivity index (χ1v) is 8.10. The summed E-state index contributed by atoms with van der Waals surface area (Å²) in [6.07, 6.45) is -0.920. The molecule has 0 fully saturated rings. The van der Waals surface area contributed by atoms with Gasteiger partial charge in [0.15, 0.2) is 5.82 Å². The smallest absolute Gasteiger partial charge is 0.324 e. The van der Waals surface area contributed by atoms with E-state index in [9.17, 15) is 26.3 Å².